The number of nitrogens with one attached hydrogen (secondary N) is 1. The lowest BCUT2D eigenvalue weighted by Crippen LogP contribution is -2.26. The molecule has 0 fully saturated rings. The van der Waals surface area contributed by atoms with Crippen LogP contribution in [0.3, 0.4) is 0 Å². The third kappa shape index (κ3) is 6.79. The lowest BCUT2D eigenvalue weighted by Gasteiger charge is -2.08. The van der Waals surface area contributed by atoms with Crippen molar-refractivity contribution in [3.05, 3.63) is 30.1 Å². The van der Waals surface area contributed by atoms with Crippen molar-refractivity contribution in [1.29, 1.82) is 0 Å². The Balaban J connectivity index is 2.12. The molecule has 0 bridgehead atoms. The van der Waals surface area contributed by atoms with Gasteiger partial charge in [0.1, 0.15) is 0 Å². The molecule has 0 aliphatic rings. The van der Waals surface area contributed by atoms with E-state index in [1.165, 1.54) is 6.07 Å². The van der Waals surface area contributed by atoms with Gasteiger partial charge in [-0.1, -0.05) is 26.0 Å². The topological polar surface area (TPSA) is 38.3 Å². The number of carbonyl (C=O) groups excluding carboxylic acids is 1. The first-order valence-electron chi connectivity index (χ1n) is 6.73. The highest BCUT2D eigenvalue weighted by atomic mass is 19.1. The van der Waals surface area contributed by atoms with E-state index >= 15 is 0 Å². The predicted octanol–water partition coefficient (Wildman–Crippen LogP) is 3.15. The van der Waals surface area contributed by atoms with E-state index in [2.05, 4.69) is 19.2 Å². The zero-order chi connectivity index (χ0) is 14.1. The molecule has 0 aliphatic carbocycles. The van der Waals surface area contributed by atoms with Crippen LogP contribution >= 0.6 is 0 Å². The fraction of sp³-hybridized carbons (Fsp3) is 0.533. The molecule has 0 saturated heterocycles. The van der Waals surface area contributed by atoms with Crippen LogP contribution in [0, 0.1) is 11.7 Å². The van der Waals surface area contributed by atoms with Gasteiger partial charge in [-0.3, -0.25) is 4.79 Å². The van der Waals surface area contributed by atoms with E-state index in [1.54, 1.807) is 18.2 Å². The summed E-state index contributed by atoms with van der Waals surface area (Å²) in [5, 5.41) is 2.83. The van der Waals surface area contributed by atoms with Crippen LogP contribution < -0.4 is 10.1 Å². The fourth-order valence-corrected chi connectivity index (χ4v) is 1.64. The van der Waals surface area contributed by atoms with Crippen LogP contribution in [-0.2, 0) is 4.79 Å². The fourth-order valence-electron chi connectivity index (χ4n) is 1.64. The lowest BCUT2D eigenvalue weighted by molar-refractivity contribution is -0.121. The van der Waals surface area contributed by atoms with Crippen LogP contribution in [-0.4, -0.2) is 19.1 Å². The first-order chi connectivity index (χ1) is 9.09. The molecule has 0 radical (unpaired) electrons. The van der Waals surface area contributed by atoms with Crippen LogP contribution in [0.2, 0.25) is 0 Å². The van der Waals surface area contributed by atoms with Crippen molar-refractivity contribution in [2.75, 3.05) is 13.2 Å². The zero-order valence-corrected chi connectivity index (χ0v) is 11.6. The first kappa shape index (κ1) is 15.5. The molecule has 4 heteroatoms. The van der Waals surface area contributed by atoms with Crippen LogP contribution in [0.1, 0.15) is 33.1 Å². The average molecular weight is 267 g/mol. The van der Waals surface area contributed by atoms with Gasteiger partial charge >= 0.3 is 0 Å². The molecule has 1 amide bonds. The van der Waals surface area contributed by atoms with E-state index in [9.17, 15) is 9.18 Å². The maximum Gasteiger partial charge on any atom is 0.223 e. The third-order valence-corrected chi connectivity index (χ3v) is 2.70. The maximum atomic E-state index is 13.2. The number of amides is 1. The number of rotatable bonds is 8. The van der Waals surface area contributed by atoms with Gasteiger partial charge < -0.3 is 10.1 Å². The van der Waals surface area contributed by atoms with Gasteiger partial charge in [-0.25, -0.2) is 4.39 Å². The molecule has 0 unspecified atom stereocenters. The molecule has 0 atom stereocenters. The second-order valence-electron chi connectivity index (χ2n) is 4.91. The van der Waals surface area contributed by atoms with Gasteiger partial charge in [0.15, 0.2) is 11.6 Å². The highest BCUT2D eigenvalue weighted by molar-refractivity contribution is 5.75. The van der Waals surface area contributed by atoms with E-state index in [0.29, 0.717) is 12.5 Å². The van der Waals surface area contributed by atoms with E-state index in [0.717, 1.165) is 12.8 Å². The van der Waals surface area contributed by atoms with E-state index in [1.807, 2.05) is 0 Å². The maximum absolute atomic E-state index is 13.2. The predicted molar refractivity (Wildman–Crippen MR) is 73.6 cm³/mol. The Hall–Kier alpha value is -1.58. The van der Waals surface area contributed by atoms with E-state index < -0.39 is 5.82 Å². The van der Waals surface area contributed by atoms with Crippen molar-refractivity contribution < 1.29 is 13.9 Å². The molecule has 3 nitrogen and oxygen atoms in total. The van der Waals surface area contributed by atoms with Crippen molar-refractivity contribution in [1.82, 2.24) is 5.32 Å². The number of ether oxygens (including phenoxy) is 1. The molecule has 1 aromatic carbocycles. The van der Waals surface area contributed by atoms with Crippen molar-refractivity contribution in [3.8, 4) is 5.75 Å². The molecule has 0 saturated carbocycles. The number of benzene rings is 1. The highest BCUT2D eigenvalue weighted by Crippen LogP contribution is 2.15. The Bertz CT molecular complexity index is 393. The molecule has 106 valence electrons. The quantitative estimate of drug-likeness (QED) is 0.735. The SMILES string of the molecule is CC(C)CCCNC(=O)CCOc1ccccc1F. The summed E-state index contributed by atoms with van der Waals surface area (Å²) in [5.41, 5.74) is 0. The van der Waals surface area contributed by atoms with Crippen LogP contribution in [0.4, 0.5) is 4.39 Å². The Morgan fingerprint density at radius 3 is 2.79 bits per heavy atom. The molecule has 1 aromatic rings. The molecule has 1 N–H and O–H groups in total. The van der Waals surface area contributed by atoms with Gasteiger partial charge in [0.2, 0.25) is 5.91 Å². The molecular formula is C15H22FNO2. The normalized spacial score (nSPS) is 10.5. The summed E-state index contributed by atoms with van der Waals surface area (Å²) in [6.07, 6.45) is 2.33. The van der Waals surface area contributed by atoms with Gasteiger partial charge in [-0.2, -0.15) is 0 Å². The van der Waals surface area contributed by atoms with Gasteiger partial charge in [0.25, 0.3) is 0 Å². The summed E-state index contributed by atoms with van der Waals surface area (Å²) >= 11 is 0. The minimum absolute atomic E-state index is 0.0555. The summed E-state index contributed by atoms with van der Waals surface area (Å²) in [4.78, 5) is 11.5. The molecule has 0 aromatic heterocycles. The summed E-state index contributed by atoms with van der Waals surface area (Å²) < 4.78 is 18.4. The van der Waals surface area contributed by atoms with Gasteiger partial charge in [0, 0.05) is 6.54 Å². The summed E-state index contributed by atoms with van der Waals surface area (Å²) in [6.45, 7) is 5.20. The van der Waals surface area contributed by atoms with Gasteiger partial charge in [0.05, 0.1) is 13.0 Å². The number of halogens is 1. The average Bonchev–Trinajstić information content (AvgIpc) is 2.37. The van der Waals surface area contributed by atoms with E-state index in [4.69, 9.17) is 4.74 Å². The Labute approximate surface area is 114 Å². The molecule has 0 heterocycles. The van der Waals surface area contributed by atoms with E-state index in [-0.39, 0.29) is 24.7 Å². The third-order valence-electron chi connectivity index (χ3n) is 2.70. The zero-order valence-electron chi connectivity index (χ0n) is 11.6. The minimum atomic E-state index is -0.403. The molecule has 0 aliphatic heterocycles. The molecular weight excluding hydrogens is 245 g/mol. The summed E-state index contributed by atoms with van der Waals surface area (Å²) in [7, 11) is 0. The molecule has 1 rings (SSSR count). The van der Waals surface area contributed by atoms with Crippen molar-refractivity contribution >= 4 is 5.91 Å². The highest BCUT2D eigenvalue weighted by Gasteiger charge is 2.04. The second kappa shape index (κ2) is 8.51. The van der Waals surface area contributed by atoms with Crippen molar-refractivity contribution in [2.45, 2.75) is 33.1 Å². The summed E-state index contributed by atoms with van der Waals surface area (Å²) in [6, 6.07) is 6.19. The lowest BCUT2D eigenvalue weighted by atomic mass is 10.1. The Kier molecular flexibility index (Phi) is 6.93. The summed E-state index contributed by atoms with van der Waals surface area (Å²) in [5.74, 6) is 0.385. The van der Waals surface area contributed by atoms with Crippen LogP contribution in [0.15, 0.2) is 24.3 Å². The monoisotopic (exact) mass is 267 g/mol. The second-order valence-corrected chi connectivity index (χ2v) is 4.91. The largest absolute Gasteiger partial charge is 0.490 e. The standard InChI is InChI=1S/C15H22FNO2/c1-12(2)6-5-10-17-15(18)9-11-19-14-8-4-3-7-13(14)16/h3-4,7-8,12H,5-6,9-11H2,1-2H3,(H,17,18). The number of hydrogen-bond donors (Lipinski definition) is 1. The smallest absolute Gasteiger partial charge is 0.223 e. The molecule has 0 spiro atoms. The van der Waals surface area contributed by atoms with Crippen LogP contribution in [0.25, 0.3) is 0 Å². The Morgan fingerprint density at radius 1 is 1.37 bits per heavy atom. The van der Waals surface area contributed by atoms with Gasteiger partial charge in [-0.15, -0.1) is 0 Å². The minimum Gasteiger partial charge on any atom is -0.490 e. The Morgan fingerprint density at radius 2 is 2.11 bits per heavy atom. The number of carbonyl (C=O) groups is 1. The van der Waals surface area contributed by atoms with Crippen LogP contribution in [0.5, 0.6) is 5.75 Å². The van der Waals surface area contributed by atoms with Crippen molar-refractivity contribution in [3.63, 3.8) is 0 Å². The number of hydrogen-bond acceptors (Lipinski definition) is 2. The number of para-hydroxylation sites is 1. The molecule has 19 heavy (non-hydrogen) atoms. The van der Waals surface area contributed by atoms with Gasteiger partial charge in [-0.05, 0) is 30.9 Å². The first-order valence-corrected chi connectivity index (χ1v) is 6.73. The van der Waals surface area contributed by atoms with Crippen molar-refractivity contribution in [2.24, 2.45) is 5.92 Å².